The van der Waals surface area contributed by atoms with E-state index in [1.54, 1.807) is 12.3 Å². The second-order valence-corrected chi connectivity index (χ2v) is 5.98. The largest absolute Gasteiger partial charge is 0.459 e. The maximum absolute atomic E-state index is 12.1. The van der Waals surface area contributed by atoms with Crippen LogP contribution in [0, 0.1) is 20.8 Å². The molecule has 0 aliphatic rings. The first-order chi connectivity index (χ1) is 11.9. The van der Waals surface area contributed by atoms with Crippen LogP contribution in [-0.4, -0.2) is 20.5 Å². The van der Waals surface area contributed by atoms with Gasteiger partial charge in [-0.05, 0) is 38.8 Å². The van der Waals surface area contributed by atoms with Crippen LogP contribution in [0.1, 0.15) is 34.7 Å². The Morgan fingerprint density at radius 2 is 2.08 bits per heavy atom. The van der Waals surface area contributed by atoms with Crippen LogP contribution in [0.3, 0.4) is 0 Å². The topological polar surface area (TPSA) is 86.7 Å². The van der Waals surface area contributed by atoms with Crippen LogP contribution in [0.25, 0.3) is 5.65 Å². The number of esters is 1. The van der Waals surface area contributed by atoms with Gasteiger partial charge in [0, 0.05) is 24.2 Å². The molecule has 25 heavy (non-hydrogen) atoms. The van der Waals surface area contributed by atoms with Gasteiger partial charge in [-0.25, -0.2) is 4.98 Å². The predicted molar refractivity (Wildman–Crippen MR) is 90.3 cm³/mol. The van der Waals surface area contributed by atoms with Crippen LogP contribution < -0.4 is 5.56 Å². The van der Waals surface area contributed by atoms with E-state index in [1.165, 1.54) is 10.5 Å². The number of carbonyl (C=O) groups is 1. The lowest BCUT2D eigenvalue weighted by atomic mass is 10.1. The summed E-state index contributed by atoms with van der Waals surface area (Å²) in [5.41, 5.74) is 3.43. The zero-order chi connectivity index (χ0) is 18.0. The fourth-order valence-electron chi connectivity index (χ4n) is 2.64. The Labute approximate surface area is 144 Å². The number of fused-ring (bicyclic) bond motifs is 1. The molecule has 3 aromatic heterocycles. The lowest BCUT2D eigenvalue weighted by molar-refractivity contribution is -0.145. The molecule has 0 aliphatic heterocycles. The van der Waals surface area contributed by atoms with Gasteiger partial charge in [-0.3, -0.25) is 14.0 Å². The first-order valence-electron chi connectivity index (χ1n) is 8.00. The van der Waals surface area contributed by atoms with E-state index >= 15 is 0 Å². The van der Waals surface area contributed by atoms with Gasteiger partial charge in [0.25, 0.3) is 5.56 Å². The normalized spacial score (nSPS) is 11.0. The Morgan fingerprint density at radius 1 is 1.28 bits per heavy atom. The molecule has 7 heteroatoms. The molecule has 0 N–H and O–H groups in total. The molecule has 0 unspecified atom stereocenters. The molecule has 0 aromatic carbocycles. The van der Waals surface area contributed by atoms with Gasteiger partial charge in [0.1, 0.15) is 18.0 Å². The Morgan fingerprint density at radius 3 is 2.80 bits per heavy atom. The van der Waals surface area contributed by atoms with E-state index in [-0.39, 0.29) is 24.6 Å². The van der Waals surface area contributed by atoms with E-state index in [9.17, 15) is 9.59 Å². The number of carbonyl (C=O) groups excluding carboxylic acids is 1. The van der Waals surface area contributed by atoms with Gasteiger partial charge in [-0.2, -0.15) is 0 Å². The second-order valence-electron chi connectivity index (χ2n) is 5.98. The summed E-state index contributed by atoms with van der Waals surface area (Å²) in [6, 6.07) is 5.02. The average Bonchev–Trinajstić information content (AvgIpc) is 2.90. The van der Waals surface area contributed by atoms with E-state index in [2.05, 4.69) is 10.1 Å². The lowest BCUT2D eigenvalue weighted by Gasteiger charge is -2.06. The Kier molecular flexibility index (Phi) is 4.65. The molecule has 0 saturated heterocycles. The third-order valence-electron chi connectivity index (χ3n) is 4.00. The van der Waals surface area contributed by atoms with Crippen molar-refractivity contribution in [3.8, 4) is 0 Å². The van der Waals surface area contributed by atoms with Gasteiger partial charge >= 0.3 is 5.97 Å². The number of ether oxygens (including phenoxy) is 1. The van der Waals surface area contributed by atoms with E-state index in [4.69, 9.17) is 9.26 Å². The summed E-state index contributed by atoms with van der Waals surface area (Å²) in [6.07, 6.45) is 2.45. The number of rotatable bonds is 5. The van der Waals surface area contributed by atoms with Gasteiger partial charge in [0.2, 0.25) is 0 Å². The van der Waals surface area contributed by atoms with Crippen molar-refractivity contribution in [1.29, 1.82) is 0 Å². The number of hydrogen-bond donors (Lipinski definition) is 0. The number of pyridine rings is 1. The summed E-state index contributed by atoms with van der Waals surface area (Å²) in [5, 5.41) is 3.86. The fraction of sp³-hybridized carbons (Fsp3) is 0.333. The van der Waals surface area contributed by atoms with Crippen molar-refractivity contribution in [3.63, 3.8) is 0 Å². The van der Waals surface area contributed by atoms with Gasteiger partial charge < -0.3 is 9.26 Å². The Hall–Kier alpha value is -2.96. The maximum atomic E-state index is 12.1. The Balaban J connectivity index is 1.63. The molecule has 0 spiro atoms. The van der Waals surface area contributed by atoms with Crippen LogP contribution in [0.5, 0.6) is 0 Å². The van der Waals surface area contributed by atoms with Crippen LogP contribution in [0.4, 0.5) is 0 Å². The van der Waals surface area contributed by atoms with Gasteiger partial charge in [0.05, 0.1) is 11.4 Å². The smallest absolute Gasteiger partial charge is 0.306 e. The van der Waals surface area contributed by atoms with Crippen molar-refractivity contribution in [1.82, 2.24) is 14.5 Å². The van der Waals surface area contributed by atoms with E-state index < -0.39 is 0 Å². The number of aryl methyl sites for hydroxylation is 3. The van der Waals surface area contributed by atoms with E-state index in [0.29, 0.717) is 23.5 Å². The van der Waals surface area contributed by atoms with Crippen molar-refractivity contribution < 1.29 is 14.1 Å². The molecule has 0 saturated carbocycles. The summed E-state index contributed by atoms with van der Waals surface area (Å²) in [7, 11) is 0. The third kappa shape index (κ3) is 3.76. The first-order valence-corrected chi connectivity index (χ1v) is 8.00. The molecule has 3 rings (SSSR count). The number of nitrogens with zero attached hydrogens (tertiary/aromatic N) is 3. The number of aromatic nitrogens is 3. The zero-order valence-corrected chi connectivity index (χ0v) is 14.4. The van der Waals surface area contributed by atoms with Gasteiger partial charge in [-0.15, -0.1) is 0 Å². The molecule has 3 aromatic rings. The fourth-order valence-corrected chi connectivity index (χ4v) is 2.64. The van der Waals surface area contributed by atoms with Crippen molar-refractivity contribution in [3.05, 3.63) is 63.0 Å². The minimum atomic E-state index is -0.356. The molecule has 130 valence electrons. The Bertz CT molecular complexity index is 968. The molecule has 0 radical (unpaired) electrons. The summed E-state index contributed by atoms with van der Waals surface area (Å²) >= 11 is 0. The molecule has 0 amide bonds. The molecule has 7 nitrogen and oxygen atoms in total. The third-order valence-corrected chi connectivity index (χ3v) is 4.00. The standard InChI is InChI=1S/C18H19N3O4/c1-11-4-6-16-19-14(8-17(22)21(16)9-11)10-24-18(23)7-5-15-12(2)20-25-13(15)3/h4,6,8-9H,5,7,10H2,1-3H3. The highest BCUT2D eigenvalue weighted by Gasteiger charge is 2.12. The summed E-state index contributed by atoms with van der Waals surface area (Å²) in [4.78, 5) is 28.4. The van der Waals surface area contributed by atoms with Crippen molar-refractivity contribution in [2.75, 3.05) is 0 Å². The average molecular weight is 341 g/mol. The molecule has 0 atom stereocenters. The van der Waals surface area contributed by atoms with Crippen LogP contribution in [0.2, 0.25) is 0 Å². The molecule has 0 bridgehead atoms. The minimum Gasteiger partial charge on any atom is -0.459 e. The van der Waals surface area contributed by atoms with Crippen LogP contribution >= 0.6 is 0 Å². The zero-order valence-electron chi connectivity index (χ0n) is 14.4. The highest BCUT2D eigenvalue weighted by molar-refractivity contribution is 5.69. The van der Waals surface area contributed by atoms with E-state index in [1.807, 2.05) is 26.8 Å². The summed E-state index contributed by atoms with van der Waals surface area (Å²) in [5.74, 6) is 0.357. The van der Waals surface area contributed by atoms with Gasteiger partial charge in [-0.1, -0.05) is 11.2 Å². The van der Waals surface area contributed by atoms with Crippen LogP contribution in [-0.2, 0) is 22.6 Å². The van der Waals surface area contributed by atoms with E-state index in [0.717, 1.165) is 16.8 Å². The second kappa shape index (κ2) is 6.88. The van der Waals surface area contributed by atoms with Crippen LogP contribution in [0.15, 0.2) is 33.7 Å². The van der Waals surface area contributed by atoms with Crippen molar-refractivity contribution in [2.24, 2.45) is 0 Å². The lowest BCUT2D eigenvalue weighted by Crippen LogP contribution is -2.17. The monoisotopic (exact) mass is 341 g/mol. The molecular weight excluding hydrogens is 322 g/mol. The maximum Gasteiger partial charge on any atom is 0.306 e. The van der Waals surface area contributed by atoms with Crippen molar-refractivity contribution in [2.45, 2.75) is 40.2 Å². The summed E-state index contributed by atoms with van der Waals surface area (Å²) < 4.78 is 11.8. The first kappa shape index (κ1) is 16.9. The molecule has 0 fully saturated rings. The predicted octanol–water partition coefficient (Wildman–Crippen LogP) is 2.28. The quantitative estimate of drug-likeness (QED) is 0.662. The molecular formula is C18H19N3O4. The molecule has 3 heterocycles. The minimum absolute atomic E-state index is 0.0277. The highest BCUT2D eigenvalue weighted by atomic mass is 16.5. The SMILES string of the molecule is Cc1ccc2nc(COC(=O)CCc3c(C)noc3C)cc(=O)n2c1. The van der Waals surface area contributed by atoms with Crippen molar-refractivity contribution >= 4 is 11.6 Å². The summed E-state index contributed by atoms with van der Waals surface area (Å²) in [6.45, 7) is 5.53. The number of hydrogen-bond acceptors (Lipinski definition) is 6. The highest BCUT2D eigenvalue weighted by Crippen LogP contribution is 2.14. The van der Waals surface area contributed by atoms with Gasteiger partial charge in [0.15, 0.2) is 0 Å². The molecule has 0 aliphatic carbocycles.